The maximum Gasteiger partial charge on any atom is 0.225 e. The number of aryl methyl sites for hydroxylation is 1. The number of aliphatic hydroxyl groups excluding tert-OH is 1. The highest BCUT2D eigenvalue weighted by Gasteiger charge is 2.18. The van der Waals surface area contributed by atoms with Gasteiger partial charge in [-0.05, 0) is 24.6 Å². The Balaban J connectivity index is 2.14. The summed E-state index contributed by atoms with van der Waals surface area (Å²) in [6, 6.07) is 7.80. The molecule has 1 heterocycles. The number of thiazole rings is 1. The van der Waals surface area contributed by atoms with Crippen LogP contribution in [0.5, 0.6) is 0 Å². The van der Waals surface area contributed by atoms with Crippen molar-refractivity contribution >= 4 is 27.3 Å². The highest BCUT2D eigenvalue weighted by molar-refractivity contribution is 9.10. The van der Waals surface area contributed by atoms with E-state index in [1.165, 1.54) is 10.6 Å². The lowest BCUT2D eigenvalue weighted by Crippen LogP contribution is -2.37. The maximum absolute atomic E-state index is 10.2. The van der Waals surface area contributed by atoms with Gasteiger partial charge < -0.3 is 5.11 Å². The minimum Gasteiger partial charge on any atom is -0.382 e. The third-order valence-electron chi connectivity index (χ3n) is 2.92. The van der Waals surface area contributed by atoms with E-state index in [9.17, 15) is 5.11 Å². The summed E-state index contributed by atoms with van der Waals surface area (Å²) in [4.78, 5) is 1.30. The van der Waals surface area contributed by atoms with Gasteiger partial charge in [0.05, 0.1) is 4.88 Å². The van der Waals surface area contributed by atoms with E-state index in [0.29, 0.717) is 6.54 Å². The van der Waals surface area contributed by atoms with E-state index in [0.717, 1.165) is 10.0 Å². The van der Waals surface area contributed by atoms with Crippen LogP contribution in [-0.2, 0) is 6.54 Å². The molecular formula is C13H15BrNOS+. The van der Waals surface area contributed by atoms with Crippen molar-refractivity contribution in [3.8, 4) is 0 Å². The molecule has 0 aliphatic carbocycles. The second-order valence-electron chi connectivity index (χ2n) is 4.08. The smallest absolute Gasteiger partial charge is 0.225 e. The average Bonchev–Trinajstić information content (AvgIpc) is 2.62. The molecule has 0 aliphatic heterocycles. The van der Waals surface area contributed by atoms with E-state index in [4.69, 9.17) is 0 Å². The molecule has 1 aromatic carbocycles. The average molecular weight is 313 g/mol. The van der Waals surface area contributed by atoms with Crippen molar-refractivity contribution in [1.29, 1.82) is 0 Å². The maximum atomic E-state index is 10.2. The van der Waals surface area contributed by atoms with E-state index < -0.39 is 6.10 Å². The van der Waals surface area contributed by atoms with E-state index in [1.807, 2.05) is 24.3 Å². The van der Waals surface area contributed by atoms with Crippen molar-refractivity contribution in [3.63, 3.8) is 0 Å². The van der Waals surface area contributed by atoms with Gasteiger partial charge >= 0.3 is 0 Å². The molecule has 0 saturated carbocycles. The number of rotatable bonds is 3. The van der Waals surface area contributed by atoms with Crippen LogP contribution in [0.1, 0.15) is 22.2 Å². The van der Waals surface area contributed by atoms with E-state index >= 15 is 0 Å². The Bertz CT molecular complexity index is 507. The molecule has 2 nitrogen and oxygen atoms in total. The van der Waals surface area contributed by atoms with Gasteiger partial charge in [-0.3, -0.25) is 0 Å². The van der Waals surface area contributed by atoms with Crippen LogP contribution < -0.4 is 4.57 Å². The first-order valence-electron chi connectivity index (χ1n) is 5.45. The summed E-state index contributed by atoms with van der Waals surface area (Å²) in [5, 5.41) is 10.2. The molecule has 0 aliphatic rings. The summed E-state index contributed by atoms with van der Waals surface area (Å²) in [7, 11) is 0. The number of halogens is 1. The van der Waals surface area contributed by atoms with Crippen molar-refractivity contribution in [2.45, 2.75) is 26.5 Å². The summed E-state index contributed by atoms with van der Waals surface area (Å²) in [6.07, 6.45) is -0.458. The van der Waals surface area contributed by atoms with Gasteiger partial charge in [0.2, 0.25) is 5.51 Å². The zero-order valence-corrected chi connectivity index (χ0v) is 12.3. The van der Waals surface area contributed by atoms with E-state index in [2.05, 4.69) is 39.9 Å². The minimum absolute atomic E-state index is 0.458. The Labute approximate surface area is 114 Å². The largest absolute Gasteiger partial charge is 0.382 e. The van der Waals surface area contributed by atoms with Gasteiger partial charge in [0.25, 0.3) is 0 Å². The monoisotopic (exact) mass is 312 g/mol. The Hall–Kier alpha value is -0.710. The van der Waals surface area contributed by atoms with Gasteiger partial charge in [-0.2, -0.15) is 4.57 Å². The van der Waals surface area contributed by atoms with Gasteiger partial charge in [-0.15, -0.1) is 0 Å². The summed E-state index contributed by atoms with van der Waals surface area (Å²) < 4.78 is 3.14. The van der Waals surface area contributed by atoms with Gasteiger partial charge in [-0.25, -0.2) is 0 Å². The molecule has 0 saturated heterocycles. The molecule has 1 unspecified atom stereocenters. The molecule has 4 heteroatoms. The van der Waals surface area contributed by atoms with Gasteiger partial charge in [0.1, 0.15) is 6.10 Å². The predicted octanol–water partition coefficient (Wildman–Crippen LogP) is 3.15. The molecule has 90 valence electrons. The first kappa shape index (κ1) is 12.7. The zero-order valence-electron chi connectivity index (χ0n) is 9.85. The second-order valence-corrected chi connectivity index (χ2v) is 6.06. The zero-order chi connectivity index (χ0) is 12.4. The van der Waals surface area contributed by atoms with Crippen LogP contribution in [0.15, 0.2) is 34.2 Å². The van der Waals surface area contributed by atoms with Crippen LogP contribution >= 0.6 is 27.3 Å². The molecule has 1 atom stereocenters. The Morgan fingerprint density at radius 3 is 2.47 bits per heavy atom. The van der Waals surface area contributed by atoms with Crippen LogP contribution in [0.25, 0.3) is 0 Å². The van der Waals surface area contributed by atoms with Gasteiger partial charge in [-0.1, -0.05) is 39.4 Å². The van der Waals surface area contributed by atoms with Crippen molar-refractivity contribution in [2.24, 2.45) is 0 Å². The lowest BCUT2D eigenvalue weighted by Gasteiger charge is -2.07. The number of aliphatic hydroxyl groups is 1. The molecule has 2 aromatic rings. The molecule has 1 aromatic heterocycles. The molecule has 0 spiro atoms. The van der Waals surface area contributed by atoms with Crippen molar-refractivity contribution < 1.29 is 9.67 Å². The molecule has 1 N–H and O–H groups in total. The predicted molar refractivity (Wildman–Crippen MR) is 73.1 cm³/mol. The molecular weight excluding hydrogens is 298 g/mol. The second kappa shape index (κ2) is 5.29. The molecule has 0 radical (unpaired) electrons. The number of benzene rings is 1. The standard InChI is InChI=1S/C13H15BrNOS/c1-9-10(2)17-8-15(9)7-13(16)11-3-5-12(14)6-4-11/h3-6,8,13,16H,7H2,1-2H3/q+1. The summed E-state index contributed by atoms with van der Waals surface area (Å²) in [5.74, 6) is 0. The quantitative estimate of drug-likeness (QED) is 0.865. The first-order valence-corrected chi connectivity index (χ1v) is 7.13. The van der Waals surface area contributed by atoms with Crippen molar-refractivity contribution in [3.05, 3.63) is 50.4 Å². The van der Waals surface area contributed by atoms with Crippen LogP contribution in [0, 0.1) is 13.8 Å². The normalized spacial score (nSPS) is 12.7. The van der Waals surface area contributed by atoms with E-state index in [-0.39, 0.29) is 0 Å². The van der Waals surface area contributed by atoms with Gasteiger partial charge in [0.15, 0.2) is 12.2 Å². The summed E-state index contributed by atoms with van der Waals surface area (Å²) in [6.45, 7) is 4.79. The Kier molecular flexibility index (Phi) is 3.97. The molecule has 0 amide bonds. The third kappa shape index (κ3) is 2.94. The van der Waals surface area contributed by atoms with Crippen LogP contribution in [0.4, 0.5) is 0 Å². The number of nitrogens with zero attached hydrogens (tertiary/aromatic N) is 1. The summed E-state index contributed by atoms with van der Waals surface area (Å²) >= 11 is 5.11. The number of aromatic nitrogens is 1. The lowest BCUT2D eigenvalue weighted by molar-refractivity contribution is -0.706. The fraction of sp³-hybridized carbons (Fsp3) is 0.308. The molecule has 2 rings (SSSR count). The topological polar surface area (TPSA) is 24.1 Å². The van der Waals surface area contributed by atoms with Crippen LogP contribution in [0.3, 0.4) is 0 Å². The highest BCUT2D eigenvalue weighted by atomic mass is 79.9. The fourth-order valence-corrected chi connectivity index (χ4v) is 2.75. The van der Waals surface area contributed by atoms with Crippen LogP contribution in [0.2, 0.25) is 0 Å². The SMILES string of the molecule is Cc1sc[n+](CC(O)c2ccc(Br)cc2)c1C. The molecule has 0 fully saturated rings. The number of hydrogen-bond donors (Lipinski definition) is 1. The Morgan fingerprint density at radius 2 is 1.94 bits per heavy atom. The number of hydrogen-bond acceptors (Lipinski definition) is 2. The Morgan fingerprint density at radius 1 is 1.29 bits per heavy atom. The van der Waals surface area contributed by atoms with Gasteiger partial charge in [0, 0.05) is 11.4 Å². The van der Waals surface area contributed by atoms with Crippen LogP contribution in [-0.4, -0.2) is 5.11 Å². The van der Waals surface area contributed by atoms with E-state index in [1.54, 1.807) is 11.3 Å². The van der Waals surface area contributed by atoms with Crippen molar-refractivity contribution in [2.75, 3.05) is 0 Å². The minimum atomic E-state index is -0.458. The highest BCUT2D eigenvalue weighted by Crippen LogP contribution is 2.18. The lowest BCUT2D eigenvalue weighted by atomic mass is 10.1. The third-order valence-corrected chi connectivity index (χ3v) is 4.46. The summed E-state index contributed by atoms with van der Waals surface area (Å²) in [5.41, 5.74) is 4.24. The van der Waals surface area contributed by atoms with Crippen molar-refractivity contribution in [1.82, 2.24) is 0 Å². The molecule has 17 heavy (non-hydrogen) atoms. The molecule has 0 bridgehead atoms. The first-order chi connectivity index (χ1) is 8.08. The fourth-order valence-electron chi connectivity index (χ4n) is 1.67.